The highest BCUT2D eigenvalue weighted by molar-refractivity contribution is 8.14. The lowest BCUT2D eigenvalue weighted by Gasteiger charge is -2.20. The van der Waals surface area contributed by atoms with Crippen molar-refractivity contribution in [2.45, 2.75) is 31.8 Å². The van der Waals surface area contributed by atoms with Crippen molar-refractivity contribution >= 4 is 16.9 Å². The predicted molar refractivity (Wildman–Crippen MR) is 68.5 cm³/mol. The second-order valence-corrected chi connectivity index (χ2v) is 5.15. The van der Waals surface area contributed by atoms with Crippen LogP contribution < -0.4 is 5.32 Å². The summed E-state index contributed by atoms with van der Waals surface area (Å²) in [5, 5.41) is 3.76. The van der Waals surface area contributed by atoms with Crippen LogP contribution in [0.4, 0.5) is 0 Å². The third kappa shape index (κ3) is 2.66. The Kier molecular flexibility index (Phi) is 4.02. The minimum atomic E-state index is 0.0511. The van der Waals surface area contributed by atoms with E-state index in [2.05, 4.69) is 24.4 Å². The average Bonchev–Trinajstić information content (AvgIpc) is 2.73. The Labute approximate surface area is 101 Å². The molecule has 0 aromatic heterocycles. The number of hydrogen-bond donors (Lipinski definition) is 1. The fourth-order valence-electron chi connectivity index (χ4n) is 2.03. The Morgan fingerprint density at radius 2 is 2.19 bits per heavy atom. The number of thioether (sulfide) groups is 1. The molecule has 2 nitrogen and oxygen atoms in total. The van der Waals surface area contributed by atoms with Crippen LogP contribution in [0.1, 0.15) is 31.4 Å². The molecule has 86 valence electrons. The molecule has 1 aromatic rings. The molecule has 2 atom stereocenters. The van der Waals surface area contributed by atoms with Crippen LogP contribution in [-0.4, -0.2) is 16.9 Å². The van der Waals surface area contributed by atoms with Gasteiger partial charge in [-0.3, -0.25) is 10.1 Å². The number of nitrogens with one attached hydrogen (secondary N) is 1. The van der Waals surface area contributed by atoms with Crippen molar-refractivity contribution in [3.63, 3.8) is 0 Å². The van der Waals surface area contributed by atoms with Gasteiger partial charge in [-0.2, -0.15) is 0 Å². The zero-order valence-electron chi connectivity index (χ0n) is 9.48. The third-order valence-electron chi connectivity index (χ3n) is 2.95. The van der Waals surface area contributed by atoms with Gasteiger partial charge in [0.05, 0.1) is 6.04 Å². The molecule has 1 heterocycles. The molecule has 1 aromatic carbocycles. The van der Waals surface area contributed by atoms with Gasteiger partial charge in [0.1, 0.15) is 0 Å². The topological polar surface area (TPSA) is 29.1 Å². The van der Waals surface area contributed by atoms with Crippen molar-refractivity contribution < 1.29 is 4.79 Å². The minimum Gasteiger partial charge on any atom is -0.300 e. The lowest BCUT2D eigenvalue weighted by Crippen LogP contribution is -2.35. The molecule has 1 unspecified atom stereocenters. The fourth-order valence-corrected chi connectivity index (χ4v) is 2.97. The van der Waals surface area contributed by atoms with Gasteiger partial charge in [0.25, 0.3) is 0 Å². The summed E-state index contributed by atoms with van der Waals surface area (Å²) >= 11 is 1.45. The highest BCUT2D eigenvalue weighted by Gasteiger charge is 2.27. The highest BCUT2D eigenvalue weighted by Crippen LogP contribution is 2.24. The van der Waals surface area contributed by atoms with Crippen molar-refractivity contribution in [3.05, 3.63) is 35.9 Å². The van der Waals surface area contributed by atoms with Crippen LogP contribution in [0.2, 0.25) is 0 Å². The predicted octanol–water partition coefficient (Wildman–Crippen LogP) is 2.76. The molecule has 0 amide bonds. The van der Waals surface area contributed by atoms with E-state index in [4.69, 9.17) is 0 Å². The number of rotatable bonds is 4. The molecule has 1 N–H and O–H groups in total. The summed E-state index contributed by atoms with van der Waals surface area (Å²) in [4.78, 5) is 11.6. The normalized spacial score (nSPS) is 22.3. The first kappa shape index (κ1) is 11.7. The molecule has 1 saturated heterocycles. The maximum atomic E-state index is 11.6. The van der Waals surface area contributed by atoms with E-state index in [1.807, 2.05) is 18.2 Å². The molecule has 1 aliphatic heterocycles. The van der Waals surface area contributed by atoms with Crippen molar-refractivity contribution in [2.24, 2.45) is 0 Å². The van der Waals surface area contributed by atoms with Crippen LogP contribution in [0.3, 0.4) is 0 Å². The Balaban J connectivity index is 2.03. The quantitative estimate of drug-likeness (QED) is 0.870. The van der Waals surface area contributed by atoms with Gasteiger partial charge in [-0.25, -0.2) is 0 Å². The third-order valence-corrected chi connectivity index (χ3v) is 3.96. The van der Waals surface area contributed by atoms with Gasteiger partial charge in [-0.15, -0.1) is 0 Å². The molecule has 0 saturated carbocycles. The average molecular weight is 235 g/mol. The molecule has 0 aliphatic carbocycles. The number of benzene rings is 1. The molecule has 0 spiro atoms. The molecular formula is C13H17NOS. The minimum absolute atomic E-state index is 0.0511. The van der Waals surface area contributed by atoms with Crippen LogP contribution in [-0.2, 0) is 4.79 Å². The van der Waals surface area contributed by atoms with E-state index < -0.39 is 0 Å². The summed E-state index contributed by atoms with van der Waals surface area (Å²) in [6.45, 7) is 2.15. The van der Waals surface area contributed by atoms with Crippen LogP contribution >= 0.6 is 11.8 Å². The lowest BCUT2D eigenvalue weighted by atomic mass is 10.0. The van der Waals surface area contributed by atoms with E-state index in [0.29, 0.717) is 11.2 Å². The smallest absolute Gasteiger partial charge is 0.205 e. The summed E-state index contributed by atoms with van der Waals surface area (Å²) in [7, 11) is 0. The first-order valence-corrected chi connectivity index (χ1v) is 6.77. The first-order valence-electron chi connectivity index (χ1n) is 5.79. The van der Waals surface area contributed by atoms with Crippen LogP contribution in [0, 0.1) is 0 Å². The van der Waals surface area contributed by atoms with E-state index in [0.717, 1.165) is 18.6 Å². The van der Waals surface area contributed by atoms with Crippen molar-refractivity contribution in [1.82, 2.24) is 5.32 Å². The zero-order chi connectivity index (χ0) is 11.4. The number of carbonyl (C=O) groups excluding carboxylic acids is 1. The number of hydrogen-bond acceptors (Lipinski definition) is 3. The molecule has 2 rings (SSSR count). The van der Waals surface area contributed by atoms with E-state index in [9.17, 15) is 4.79 Å². The molecule has 0 bridgehead atoms. The summed E-state index contributed by atoms with van der Waals surface area (Å²) in [6, 6.07) is 10.7. The maximum absolute atomic E-state index is 11.6. The molecule has 3 heteroatoms. The van der Waals surface area contributed by atoms with Gasteiger partial charge in [-0.05, 0) is 18.4 Å². The molecule has 1 fully saturated rings. The maximum Gasteiger partial charge on any atom is 0.205 e. The molecule has 1 aliphatic rings. The standard InChI is InChI=1S/C13H17NOS/c1-2-11(10-6-4-3-5-7-10)14-12-8-9-16-13(12)15/h3-7,11-12,14H,2,8-9H2,1H3/t11?,12-/m0/s1. The number of carbonyl (C=O) groups is 1. The second-order valence-electron chi connectivity index (χ2n) is 4.05. The van der Waals surface area contributed by atoms with Crippen LogP contribution in [0.5, 0.6) is 0 Å². The Morgan fingerprint density at radius 3 is 2.75 bits per heavy atom. The van der Waals surface area contributed by atoms with Crippen molar-refractivity contribution in [3.8, 4) is 0 Å². The van der Waals surface area contributed by atoms with E-state index in [-0.39, 0.29) is 6.04 Å². The molecular weight excluding hydrogens is 218 g/mol. The zero-order valence-corrected chi connectivity index (χ0v) is 10.3. The Morgan fingerprint density at radius 1 is 1.44 bits per heavy atom. The van der Waals surface area contributed by atoms with Crippen molar-refractivity contribution in [1.29, 1.82) is 0 Å². The van der Waals surface area contributed by atoms with Crippen LogP contribution in [0.15, 0.2) is 30.3 Å². The summed E-state index contributed by atoms with van der Waals surface area (Å²) in [5.41, 5.74) is 1.27. The van der Waals surface area contributed by atoms with E-state index >= 15 is 0 Å². The van der Waals surface area contributed by atoms with Gasteiger partial charge < -0.3 is 0 Å². The molecule has 0 radical (unpaired) electrons. The summed E-state index contributed by atoms with van der Waals surface area (Å²) in [6.07, 6.45) is 1.98. The van der Waals surface area contributed by atoms with Gasteiger partial charge in [0.15, 0.2) is 0 Å². The second kappa shape index (κ2) is 5.51. The molecule has 16 heavy (non-hydrogen) atoms. The fraction of sp³-hybridized carbons (Fsp3) is 0.462. The first-order chi connectivity index (χ1) is 7.81. The van der Waals surface area contributed by atoms with E-state index in [1.165, 1.54) is 17.3 Å². The SMILES string of the molecule is CCC(N[C@H]1CCSC1=O)c1ccccc1. The Bertz CT molecular complexity index is 352. The highest BCUT2D eigenvalue weighted by atomic mass is 32.2. The monoisotopic (exact) mass is 235 g/mol. The Hall–Kier alpha value is -0.800. The summed E-state index contributed by atoms with van der Waals surface area (Å²) < 4.78 is 0. The van der Waals surface area contributed by atoms with Crippen molar-refractivity contribution in [2.75, 3.05) is 5.75 Å². The lowest BCUT2D eigenvalue weighted by molar-refractivity contribution is -0.112. The van der Waals surface area contributed by atoms with E-state index in [1.54, 1.807) is 0 Å². The van der Waals surface area contributed by atoms with Gasteiger partial charge in [-0.1, -0.05) is 49.0 Å². The van der Waals surface area contributed by atoms with Crippen LogP contribution in [0.25, 0.3) is 0 Å². The van der Waals surface area contributed by atoms with Gasteiger partial charge >= 0.3 is 0 Å². The van der Waals surface area contributed by atoms with Gasteiger partial charge in [0, 0.05) is 11.8 Å². The van der Waals surface area contributed by atoms with Gasteiger partial charge in [0.2, 0.25) is 5.12 Å². The largest absolute Gasteiger partial charge is 0.300 e. The summed E-state index contributed by atoms with van der Waals surface area (Å²) in [5.74, 6) is 0.960.